The van der Waals surface area contributed by atoms with E-state index in [0.717, 1.165) is 6.42 Å². The van der Waals surface area contributed by atoms with Crippen LogP contribution in [0.1, 0.15) is 6.42 Å². The molecule has 1 saturated heterocycles. The average molecular weight is 334 g/mol. The molecule has 1 aliphatic heterocycles. The van der Waals surface area contributed by atoms with E-state index in [1.165, 1.54) is 19.1 Å². The molecule has 2 amide bonds. The Hall–Kier alpha value is -2.01. The Bertz CT molecular complexity index is 714. The maximum atomic E-state index is 12.9. The van der Waals surface area contributed by atoms with E-state index in [9.17, 15) is 9.59 Å². The molecule has 23 heavy (non-hydrogen) atoms. The van der Waals surface area contributed by atoms with E-state index in [4.69, 9.17) is 21.1 Å². The summed E-state index contributed by atoms with van der Waals surface area (Å²) >= 11 is 6.11. The Balaban J connectivity index is 1.80. The second-order valence-electron chi connectivity index (χ2n) is 6.17. The number of carbonyl (C=O) groups excluding carboxylic acids is 2. The molecule has 1 heterocycles. The summed E-state index contributed by atoms with van der Waals surface area (Å²) in [7, 11) is 2.97. The molecule has 2 bridgehead atoms. The van der Waals surface area contributed by atoms with E-state index in [2.05, 4.69) is 12.2 Å². The van der Waals surface area contributed by atoms with Crippen molar-refractivity contribution < 1.29 is 19.1 Å². The Labute approximate surface area is 138 Å². The highest BCUT2D eigenvalue weighted by Gasteiger charge is 2.60. The summed E-state index contributed by atoms with van der Waals surface area (Å²) in [6.45, 7) is 0. The minimum Gasteiger partial charge on any atom is -0.495 e. The number of ether oxygens (including phenoxy) is 2. The lowest BCUT2D eigenvalue weighted by molar-refractivity contribution is -0.123. The highest BCUT2D eigenvalue weighted by Crippen LogP contribution is 2.54. The molecule has 0 aromatic heterocycles. The smallest absolute Gasteiger partial charge is 0.238 e. The number of hydrogen-bond acceptors (Lipinski definition) is 4. The number of hydrogen-bond donors (Lipinski definition) is 0. The molecule has 1 aromatic carbocycles. The van der Waals surface area contributed by atoms with E-state index in [0.29, 0.717) is 22.2 Å². The molecule has 3 aliphatic rings. The van der Waals surface area contributed by atoms with Gasteiger partial charge in [-0.2, -0.15) is 0 Å². The number of imide groups is 1. The van der Waals surface area contributed by atoms with Crippen molar-refractivity contribution in [3.8, 4) is 11.5 Å². The van der Waals surface area contributed by atoms with Gasteiger partial charge in [0.2, 0.25) is 11.8 Å². The van der Waals surface area contributed by atoms with Crippen molar-refractivity contribution in [3.05, 3.63) is 29.3 Å². The number of fused-ring (bicyclic) bond motifs is 5. The van der Waals surface area contributed by atoms with Gasteiger partial charge < -0.3 is 9.47 Å². The van der Waals surface area contributed by atoms with Gasteiger partial charge in [-0.1, -0.05) is 23.8 Å². The number of benzene rings is 1. The summed E-state index contributed by atoms with van der Waals surface area (Å²) in [4.78, 5) is 27.0. The number of nitrogens with zero attached hydrogens (tertiary/aromatic N) is 1. The van der Waals surface area contributed by atoms with Crippen LogP contribution in [0.4, 0.5) is 5.69 Å². The fraction of sp³-hybridized carbons (Fsp3) is 0.412. The SMILES string of the molecule is COc1cc(N2C(=O)[C@@H]3[C@H](C2=O)[C@@H]2C=C[C@@H]3C2)c(OC)cc1Cl. The summed E-state index contributed by atoms with van der Waals surface area (Å²) in [6.07, 6.45) is 5.04. The highest BCUT2D eigenvalue weighted by molar-refractivity contribution is 6.32. The van der Waals surface area contributed by atoms with E-state index in [1.54, 1.807) is 12.1 Å². The van der Waals surface area contributed by atoms with Gasteiger partial charge in [-0.25, -0.2) is 4.90 Å². The Kier molecular flexibility index (Phi) is 3.17. The first-order valence-corrected chi connectivity index (χ1v) is 7.92. The lowest BCUT2D eigenvalue weighted by Crippen LogP contribution is -2.33. The maximum Gasteiger partial charge on any atom is 0.238 e. The van der Waals surface area contributed by atoms with Crippen LogP contribution in [-0.4, -0.2) is 26.0 Å². The maximum absolute atomic E-state index is 12.9. The summed E-state index contributed by atoms with van der Waals surface area (Å²) in [5.41, 5.74) is 0.401. The lowest BCUT2D eigenvalue weighted by atomic mass is 9.85. The molecule has 120 valence electrons. The zero-order valence-corrected chi connectivity index (χ0v) is 13.5. The van der Waals surface area contributed by atoms with Gasteiger partial charge in [-0.05, 0) is 18.3 Å². The van der Waals surface area contributed by atoms with Crippen LogP contribution in [-0.2, 0) is 9.59 Å². The van der Waals surface area contributed by atoms with Gasteiger partial charge in [0.1, 0.15) is 11.5 Å². The lowest BCUT2D eigenvalue weighted by Gasteiger charge is -2.21. The third-order valence-corrected chi connectivity index (χ3v) is 5.46. The summed E-state index contributed by atoms with van der Waals surface area (Å²) in [5.74, 6) is 0.337. The van der Waals surface area contributed by atoms with Crippen molar-refractivity contribution in [3.63, 3.8) is 0 Å². The first-order chi connectivity index (χ1) is 11.1. The topological polar surface area (TPSA) is 55.8 Å². The van der Waals surface area contributed by atoms with E-state index < -0.39 is 0 Å². The van der Waals surface area contributed by atoms with Crippen LogP contribution in [0.5, 0.6) is 11.5 Å². The van der Waals surface area contributed by atoms with Crippen LogP contribution < -0.4 is 14.4 Å². The third kappa shape index (κ3) is 1.86. The number of methoxy groups -OCH3 is 2. The Morgan fingerprint density at radius 3 is 2.09 bits per heavy atom. The van der Waals surface area contributed by atoms with Crippen LogP contribution in [0.3, 0.4) is 0 Å². The predicted molar refractivity (Wildman–Crippen MR) is 84.8 cm³/mol. The Morgan fingerprint density at radius 1 is 1.00 bits per heavy atom. The molecule has 4 rings (SSSR count). The normalized spacial score (nSPS) is 31.0. The van der Waals surface area contributed by atoms with Crippen molar-refractivity contribution in [1.29, 1.82) is 0 Å². The van der Waals surface area contributed by atoms with E-state index in [1.807, 2.05) is 0 Å². The second kappa shape index (κ2) is 4.99. The zero-order chi connectivity index (χ0) is 16.3. The van der Waals surface area contributed by atoms with Gasteiger partial charge in [0.15, 0.2) is 0 Å². The molecular weight excluding hydrogens is 318 g/mol. The number of rotatable bonds is 3. The second-order valence-corrected chi connectivity index (χ2v) is 6.58. The third-order valence-electron chi connectivity index (χ3n) is 5.16. The number of anilines is 1. The fourth-order valence-corrected chi connectivity index (χ4v) is 4.39. The zero-order valence-electron chi connectivity index (χ0n) is 12.8. The van der Waals surface area contributed by atoms with Crippen molar-refractivity contribution >= 4 is 29.1 Å². The van der Waals surface area contributed by atoms with Crippen LogP contribution in [0.25, 0.3) is 0 Å². The molecule has 0 radical (unpaired) electrons. The molecule has 0 N–H and O–H groups in total. The minimum absolute atomic E-state index is 0.153. The largest absolute Gasteiger partial charge is 0.495 e. The molecule has 2 aliphatic carbocycles. The van der Waals surface area contributed by atoms with Crippen molar-refractivity contribution in [1.82, 2.24) is 0 Å². The van der Waals surface area contributed by atoms with E-state index in [-0.39, 0.29) is 35.5 Å². The molecule has 2 fully saturated rings. The number of amides is 2. The molecule has 1 saturated carbocycles. The predicted octanol–water partition coefficient (Wildman–Crippen LogP) is 2.67. The highest BCUT2D eigenvalue weighted by atomic mass is 35.5. The number of halogens is 1. The monoisotopic (exact) mass is 333 g/mol. The average Bonchev–Trinajstić information content (AvgIpc) is 3.22. The molecule has 0 unspecified atom stereocenters. The number of allylic oxidation sites excluding steroid dienone is 2. The summed E-state index contributed by atoms with van der Waals surface area (Å²) in [6, 6.07) is 3.16. The molecular formula is C17H16ClNO4. The van der Waals surface area contributed by atoms with Crippen molar-refractivity contribution in [2.75, 3.05) is 19.1 Å². The van der Waals surface area contributed by atoms with Gasteiger partial charge in [0.05, 0.1) is 36.8 Å². The quantitative estimate of drug-likeness (QED) is 0.630. The van der Waals surface area contributed by atoms with Gasteiger partial charge in [-0.15, -0.1) is 0 Å². The standard InChI is InChI=1S/C17H16ClNO4/c1-22-12-7-11(13(23-2)6-10(12)18)19-16(20)14-8-3-4-9(5-8)15(14)17(19)21/h3-4,6-9,14-15H,5H2,1-2H3/t8-,9-,14-,15+/m1/s1. The first kappa shape index (κ1) is 14.6. The van der Waals surface area contributed by atoms with Crippen molar-refractivity contribution in [2.24, 2.45) is 23.7 Å². The summed E-state index contributed by atoms with van der Waals surface area (Å²) < 4.78 is 10.5. The molecule has 0 spiro atoms. The molecule has 4 atom stereocenters. The first-order valence-electron chi connectivity index (χ1n) is 7.54. The minimum atomic E-state index is -0.246. The van der Waals surface area contributed by atoms with Crippen LogP contribution >= 0.6 is 11.6 Å². The van der Waals surface area contributed by atoms with Gasteiger partial charge in [-0.3, -0.25) is 9.59 Å². The molecule has 5 nitrogen and oxygen atoms in total. The van der Waals surface area contributed by atoms with E-state index >= 15 is 0 Å². The Morgan fingerprint density at radius 2 is 1.57 bits per heavy atom. The van der Waals surface area contributed by atoms with Gasteiger partial charge in [0, 0.05) is 12.1 Å². The number of carbonyl (C=O) groups is 2. The van der Waals surface area contributed by atoms with Crippen molar-refractivity contribution in [2.45, 2.75) is 6.42 Å². The van der Waals surface area contributed by atoms with Crippen LogP contribution in [0.2, 0.25) is 5.02 Å². The van der Waals surface area contributed by atoms with Gasteiger partial charge >= 0.3 is 0 Å². The van der Waals surface area contributed by atoms with Crippen LogP contribution in [0.15, 0.2) is 24.3 Å². The van der Waals surface area contributed by atoms with Crippen LogP contribution in [0, 0.1) is 23.7 Å². The fourth-order valence-electron chi connectivity index (χ4n) is 4.16. The molecule has 1 aromatic rings. The molecule has 6 heteroatoms. The summed E-state index contributed by atoms with van der Waals surface area (Å²) in [5, 5.41) is 0.370. The van der Waals surface area contributed by atoms with Gasteiger partial charge in [0.25, 0.3) is 0 Å².